The molecule has 1 saturated heterocycles. The van der Waals surface area contributed by atoms with E-state index < -0.39 is 10.2 Å². The van der Waals surface area contributed by atoms with Gasteiger partial charge in [-0.05, 0) is 30.9 Å². The van der Waals surface area contributed by atoms with Gasteiger partial charge in [0.05, 0.1) is 5.69 Å². The van der Waals surface area contributed by atoms with Crippen LogP contribution in [0.3, 0.4) is 0 Å². The van der Waals surface area contributed by atoms with Crippen molar-refractivity contribution in [2.45, 2.75) is 19.8 Å². The van der Waals surface area contributed by atoms with Crippen molar-refractivity contribution in [2.24, 2.45) is 11.7 Å². The molecule has 5 nitrogen and oxygen atoms in total. The topological polar surface area (TPSA) is 66.6 Å². The van der Waals surface area contributed by atoms with Crippen LogP contribution in [0, 0.1) is 5.92 Å². The molecule has 0 spiro atoms. The largest absolute Gasteiger partial charge is 0.389 e. The van der Waals surface area contributed by atoms with Crippen LogP contribution in [0.5, 0.6) is 0 Å². The number of anilines is 1. The standard InChI is InChI=1S/C14H21N3O2S2/c1-11-6-8-17(9-7-11)21(18,19)16(2)13-5-3-4-12(10-13)14(15)20/h3-5,10-11H,6-9H2,1-2H3,(H2,15,20). The maximum atomic E-state index is 12.7. The fourth-order valence-corrected chi connectivity index (χ4v) is 3.90. The van der Waals surface area contributed by atoms with E-state index in [1.807, 2.05) is 0 Å². The number of rotatable bonds is 4. The number of hydrogen-bond acceptors (Lipinski definition) is 3. The van der Waals surface area contributed by atoms with Crippen LogP contribution in [0.2, 0.25) is 0 Å². The molecule has 7 heteroatoms. The number of nitrogens with two attached hydrogens (primary N) is 1. The molecule has 0 saturated carbocycles. The highest BCUT2D eigenvalue weighted by atomic mass is 32.2. The predicted molar refractivity (Wildman–Crippen MR) is 89.6 cm³/mol. The van der Waals surface area contributed by atoms with Crippen molar-refractivity contribution in [3.63, 3.8) is 0 Å². The molecular weight excluding hydrogens is 306 g/mol. The Labute approximate surface area is 131 Å². The molecule has 2 rings (SSSR count). The van der Waals surface area contributed by atoms with Gasteiger partial charge in [0, 0.05) is 25.7 Å². The van der Waals surface area contributed by atoms with Gasteiger partial charge in [0.1, 0.15) is 4.99 Å². The summed E-state index contributed by atoms with van der Waals surface area (Å²) in [5, 5.41) is 0. The van der Waals surface area contributed by atoms with Gasteiger partial charge in [-0.3, -0.25) is 4.31 Å². The van der Waals surface area contributed by atoms with Crippen LogP contribution in [0.25, 0.3) is 0 Å². The fraction of sp³-hybridized carbons (Fsp3) is 0.500. The molecule has 0 radical (unpaired) electrons. The van der Waals surface area contributed by atoms with Gasteiger partial charge < -0.3 is 5.73 Å². The van der Waals surface area contributed by atoms with Crippen molar-refractivity contribution in [1.29, 1.82) is 0 Å². The minimum absolute atomic E-state index is 0.259. The highest BCUT2D eigenvalue weighted by molar-refractivity contribution is 7.90. The number of thiocarbonyl (C=S) groups is 1. The Morgan fingerprint density at radius 3 is 2.57 bits per heavy atom. The molecule has 1 heterocycles. The van der Waals surface area contributed by atoms with Crippen molar-refractivity contribution in [3.05, 3.63) is 29.8 Å². The molecule has 1 fully saturated rings. The molecule has 0 unspecified atom stereocenters. The summed E-state index contributed by atoms with van der Waals surface area (Å²) in [5.74, 6) is 0.583. The molecule has 0 bridgehead atoms. The summed E-state index contributed by atoms with van der Waals surface area (Å²) in [6.07, 6.45) is 1.81. The number of hydrogen-bond donors (Lipinski definition) is 1. The molecule has 1 aromatic rings. The molecule has 116 valence electrons. The number of benzene rings is 1. The molecule has 0 aromatic heterocycles. The Hall–Kier alpha value is -1.18. The van der Waals surface area contributed by atoms with Gasteiger partial charge in [-0.1, -0.05) is 31.3 Å². The molecule has 1 aliphatic heterocycles. The SMILES string of the molecule is CC1CCN(S(=O)(=O)N(C)c2cccc(C(N)=S)c2)CC1. The minimum Gasteiger partial charge on any atom is -0.389 e. The first kappa shape index (κ1) is 16.2. The van der Waals surface area contributed by atoms with E-state index in [2.05, 4.69) is 6.92 Å². The Morgan fingerprint density at radius 2 is 2.00 bits per heavy atom. The molecular formula is C14H21N3O2S2. The lowest BCUT2D eigenvalue weighted by molar-refractivity contribution is 0.287. The van der Waals surface area contributed by atoms with E-state index >= 15 is 0 Å². The molecule has 2 N–H and O–H groups in total. The summed E-state index contributed by atoms with van der Waals surface area (Å²) in [4.78, 5) is 0.259. The lowest BCUT2D eigenvalue weighted by Crippen LogP contribution is -2.45. The van der Waals surface area contributed by atoms with Crippen molar-refractivity contribution >= 4 is 33.1 Å². The quantitative estimate of drug-likeness (QED) is 0.855. The highest BCUT2D eigenvalue weighted by Crippen LogP contribution is 2.24. The number of piperidine rings is 1. The molecule has 1 aromatic carbocycles. The smallest absolute Gasteiger partial charge is 0.303 e. The maximum Gasteiger partial charge on any atom is 0.303 e. The lowest BCUT2D eigenvalue weighted by Gasteiger charge is -2.33. The van der Waals surface area contributed by atoms with E-state index in [-0.39, 0.29) is 4.99 Å². The predicted octanol–water partition coefficient (Wildman–Crippen LogP) is 1.73. The first-order valence-corrected chi connectivity index (χ1v) is 8.76. The Balaban J connectivity index is 2.23. The summed E-state index contributed by atoms with van der Waals surface area (Å²) >= 11 is 4.94. The molecule has 21 heavy (non-hydrogen) atoms. The fourth-order valence-electron chi connectivity index (χ4n) is 2.38. The van der Waals surface area contributed by atoms with Gasteiger partial charge in [0.15, 0.2) is 0 Å². The van der Waals surface area contributed by atoms with Crippen LogP contribution in [0.15, 0.2) is 24.3 Å². The van der Waals surface area contributed by atoms with E-state index in [0.29, 0.717) is 30.3 Å². The summed E-state index contributed by atoms with van der Waals surface area (Å²) in [5.41, 5.74) is 6.84. The van der Waals surface area contributed by atoms with E-state index in [1.54, 1.807) is 35.6 Å². The van der Waals surface area contributed by atoms with E-state index in [9.17, 15) is 8.42 Å². The summed E-state index contributed by atoms with van der Waals surface area (Å²) < 4.78 is 28.2. The van der Waals surface area contributed by atoms with Gasteiger partial charge in [-0.2, -0.15) is 12.7 Å². The molecule has 0 aliphatic carbocycles. The van der Waals surface area contributed by atoms with Crippen molar-refractivity contribution < 1.29 is 8.42 Å². The normalized spacial score (nSPS) is 17.6. The second-order valence-electron chi connectivity index (χ2n) is 5.47. The van der Waals surface area contributed by atoms with Gasteiger partial charge in [0.2, 0.25) is 0 Å². The van der Waals surface area contributed by atoms with Crippen molar-refractivity contribution in [2.75, 3.05) is 24.4 Å². The molecule has 1 aliphatic rings. The zero-order valence-corrected chi connectivity index (χ0v) is 14.0. The summed E-state index contributed by atoms with van der Waals surface area (Å²) in [6.45, 7) is 3.30. The monoisotopic (exact) mass is 327 g/mol. The van der Waals surface area contributed by atoms with Gasteiger partial charge in [-0.25, -0.2) is 0 Å². The third-order valence-corrected chi connectivity index (χ3v) is 6.07. The van der Waals surface area contributed by atoms with Crippen molar-refractivity contribution in [1.82, 2.24) is 4.31 Å². The minimum atomic E-state index is -3.50. The average Bonchev–Trinajstić information content (AvgIpc) is 2.47. The molecule has 0 amide bonds. The van der Waals surface area contributed by atoms with Gasteiger partial charge >= 0.3 is 10.2 Å². The zero-order chi connectivity index (χ0) is 15.6. The number of nitrogens with zero attached hydrogens (tertiary/aromatic N) is 2. The zero-order valence-electron chi connectivity index (χ0n) is 12.3. The van der Waals surface area contributed by atoms with E-state index in [4.69, 9.17) is 18.0 Å². The van der Waals surface area contributed by atoms with Crippen molar-refractivity contribution in [3.8, 4) is 0 Å². The van der Waals surface area contributed by atoms with Crippen LogP contribution < -0.4 is 10.0 Å². The maximum absolute atomic E-state index is 12.7. The lowest BCUT2D eigenvalue weighted by atomic mass is 10.0. The second-order valence-corrected chi connectivity index (χ2v) is 7.87. The second kappa shape index (κ2) is 6.29. The van der Waals surface area contributed by atoms with E-state index in [1.165, 1.54) is 4.31 Å². The first-order chi connectivity index (χ1) is 9.82. The van der Waals surface area contributed by atoms with Crippen LogP contribution in [-0.4, -0.2) is 37.8 Å². The van der Waals surface area contributed by atoms with Crippen LogP contribution >= 0.6 is 12.2 Å². The third kappa shape index (κ3) is 3.53. The summed E-state index contributed by atoms with van der Waals surface area (Å²) in [7, 11) is -1.94. The Kier molecular flexibility index (Phi) is 4.85. The third-order valence-electron chi connectivity index (χ3n) is 3.91. The molecule has 0 atom stereocenters. The van der Waals surface area contributed by atoms with E-state index in [0.717, 1.165) is 12.8 Å². The first-order valence-electron chi connectivity index (χ1n) is 6.96. The van der Waals surface area contributed by atoms with Gasteiger partial charge in [-0.15, -0.1) is 0 Å². The van der Waals surface area contributed by atoms with Gasteiger partial charge in [0.25, 0.3) is 0 Å². The average molecular weight is 327 g/mol. The Morgan fingerprint density at radius 1 is 1.38 bits per heavy atom. The van der Waals surface area contributed by atoms with Crippen LogP contribution in [-0.2, 0) is 10.2 Å². The highest BCUT2D eigenvalue weighted by Gasteiger charge is 2.30. The summed E-state index contributed by atoms with van der Waals surface area (Å²) in [6, 6.07) is 6.97. The van der Waals surface area contributed by atoms with Crippen LogP contribution in [0.1, 0.15) is 25.3 Å². The van der Waals surface area contributed by atoms with Crippen LogP contribution in [0.4, 0.5) is 5.69 Å². The Bertz CT molecular complexity index is 623.